The summed E-state index contributed by atoms with van der Waals surface area (Å²) < 4.78 is 39.0. The molecular formula is C13H12FN3O3S. The van der Waals surface area contributed by atoms with Crippen LogP contribution < -0.4 is 9.92 Å². The molecule has 0 aliphatic rings. The third-order valence-electron chi connectivity index (χ3n) is 3.15. The Morgan fingerprint density at radius 1 is 1.29 bits per heavy atom. The van der Waals surface area contributed by atoms with Crippen LogP contribution >= 0.6 is 0 Å². The fraction of sp³-hybridized carbons (Fsp3) is 0.154. The first kappa shape index (κ1) is 14.9. The van der Waals surface area contributed by atoms with Crippen molar-refractivity contribution in [3.63, 3.8) is 0 Å². The summed E-state index contributed by atoms with van der Waals surface area (Å²) in [7, 11) is -5.05. The maximum atomic E-state index is 12.4. The summed E-state index contributed by atoms with van der Waals surface area (Å²) in [6.45, 7) is 3.59. The van der Waals surface area contributed by atoms with Gasteiger partial charge in [0, 0.05) is 11.4 Å². The van der Waals surface area contributed by atoms with Crippen molar-refractivity contribution < 1.29 is 16.5 Å². The molecule has 0 unspecified atom stereocenters. The number of benzene rings is 1. The average Bonchev–Trinajstić information content (AvgIpc) is 2.60. The molecule has 2 rings (SSSR count). The van der Waals surface area contributed by atoms with E-state index in [0.717, 1.165) is 11.3 Å². The highest BCUT2D eigenvalue weighted by molar-refractivity contribution is 7.81. The van der Waals surface area contributed by atoms with E-state index in [-0.39, 0.29) is 5.75 Å². The minimum atomic E-state index is -5.05. The van der Waals surface area contributed by atoms with E-state index in [1.54, 1.807) is 11.5 Å². The Balaban J connectivity index is 2.48. The molecule has 1 aromatic heterocycles. The lowest BCUT2D eigenvalue weighted by Gasteiger charge is -2.09. The van der Waals surface area contributed by atoms with Gasteiger partial charge >= 0.3 is 10.5 Å². The molecule has 110 valence electrons. The Morgan fingerprint density at radius 2 is 1.86 bits per heavy atom. The number of rotatable bonds is 3. The highest BCUT2D eigenvalue weighted by Crippen LogP contribution is 2.28. The van der Waals surface area contributed by atoms with E-state index >= 15 is 0 Å². The van der Waals surface area contributed by atoms with Crippen LogP contribution in [-0.4, -0.2) is 13.0 Å². The number of halogens is 1. The maximum absolute atomic E-state index is 12.4. The van der Waals surface area contributed by atoms with E-state index in [2.05, 4.69) is 4.18 Å². The van der Waals surface area contributed by atoms with Crippen molar-refractivity contribution >= 4 is 16.3 Å². The van der Waals surface area contributed by atoms with Crippen LogP contribution in [0.5, 0.6) is 5.75 Å². The van der Waals surface area contributed by atoms with Gasteiger partial charge in [-0.05, 0) is 43.7 Å². The van der Waals surface area contributed by atoms with E-state index in [0.29, 0.717) is 17.1 Å². The molecule has 0 aliphatic heterocycles. The van der Waals surface area contributed by atoms with Crippen LogP contribution in [0.3, 0.4) is 0 Å². The Bertz CT molecular complexity index is 833. The van der Waals surface area contributed by atoms with Gasteiger partial charge in [-0.25, -0.2) is 0 Å². The topological polar surface area (TPSA) is 98.1 Å². The molecule has 6 nitrogen and oxygen atoms in total. The highest BCUT2D eigenvalue weighted by atomic mass is 32.3. The van der Waals surface area contributed by atoms with Crippen LogP contribution in [0.4, 0.5) is 9.70 Å². The van der Waals surface area contributed by atoms with Crippen LogP contribution in [0.1, 0.15) is 16.8 Å². The molecule has 1 aromatic carbocycles. The molecule has 0 bridgehead atoms. The first-order chi connectivity index (χ1) is 9.74. The SMILES string of the molecule is Cc1c(C#N)c(N)n(-c2ccc(OS(=O)(=O)F)cc2)c1C. The molecule has 2 aromatic rings. The summed E-state index contributed by atoms with van der Waals surface area (Å²) in [4.78, 5) is 0. The van der Waals surface area contributed by atoms with Gasteiger partial charge in [0.15, 0.2) is 0 Å². The van der Waals surface area contributed by atoms with E-state index in [4.69, 9.17) is 11.0 Å². The third-order valence-corrected chi connectivity index (χ3v) is 3.54. The van der Waals surface area contributed by atoms with Gasteiger partial charge in [-0.1, -0.05) is 3.89 Å². The van der Waals surface area contributed by atoms with E-state index < -0.39 is 10.5 Å². The minimum absolute atomic E-state index is 0.151. The molecule has 0 aliphatic carbocycles. The number of nitriles is 1. The lowest BCUT2D eigenvalue weighted by Crippen LogP contribution is -2.04. The quantitative estimate of drug-likeness (QED) is 0.876. The number of nitrogens with zero attached hydrogens (tertiary/aromatic N) is 2. The number of nitrogen functional groups attached to an aromatic ring is 1. The first-order valence-corrected chi connectivity index (χ1v) is 7.17. The van der Waals surface area contributed by atoms with Crippen LogP contribution in [0.25, 0.3) is 5.69 Å². The van der Waals surface area contributed by atoms with Gasteiger partial charge in [0.05, 0.1) is 5.56 Å². The smallest absolute Gasteiger partial charge is 0.384 e. The fourth-order valence-electron chi connectivity index (χ4n) is 2.07. The molecule has 0 spiro atoms. The van der Waals surface area contributed by atoms with Crippen molar-refractivity contribution in [2.75, 3.05) is 5.73 Å². The molecule has 0 saturated heterocycles. The van der Waals surface area contributed by atoms with Crippen molar-refractivity contribution in [1.82, 2.24) is 4.57 Å². The van der Waals surface area contributed by atoms with E-state index in [1.807, 2.05) is 13.0 Å². The van der Waals surface area contributed by atoms with Crippen LogP contribution in [0.15, 0.2) is 24.3 Å². The molecule has 0 saturated carbocycles. The summed E-state index contributed by atoms with van der Waals surface area (Å²) in [5.74, 6) is 0.140. The number of aromatic nitrogens is 1. The third kappa shape index (κ3) is 2.83. The molecule has 0 fully saturated rings. The Kier molecular flexibility index (Phi) is 3.61. The lowest BCUT2D eigenvalue weighted by atomic mass is 10.2. The van der Waals surface area contributed by atoms with Gasteiger partial charge in [-0.15, -0.1) is 0 Å². The molecule has 21 heavy (non-hydrogen) atoms. The standard InChI is InChI=1S/C13H12FN3O3S/c1-8-9(2)17(13(16)12(8)7-15)10-3-5-11(6-4-10)20-21(14,18)19/h3-6H,16H2,1-2H3. The van der Waals surface area contributed by atoms with Crippen molar-refractivity contribution in [3.8, 4) is 17.5 Å². The van der Waals surface area contributed by atoms with Gasteiger partial charge in [0.25, 0.3) is 0 Å². The second-order valence-corrected chi connectivity index (χ2v) is 5.34. The molecule has 0 atom stereocenters. The summed E-state index contributed by atoms with van der Waals surface area (Å²) >= 11 is 0. The van der Waals surface area contributed by atoms with Crippen molar-refractivity contribution in [3.05, 3.63) is 41.1 Å². The highest BCUT2D eigenvalue weighted by Gasteiger charge is 2.16. The summed E-state index contributed by atoms with van der Waals surface area (Å²) in [5, 5.41) is 9.08. The normalized spacial score (nSPS) is 11.1. The van der Waals surface area contributed by atoms with Crippen LogP contribution in [-0.2, 0) is 10.5 Å². The zero-order chi connectivity index (χ0) is 15.8. The number of anilines is 1. The zero-order valence-electron chi connectivity index (χ0n) is 11.3. The second kappa shape index (κ2) is 5.10. The zero-order valence-corrected chi connectivity index (χ0v) is 12.1. The number of nitrogens with two attached hydrogens (primary N) is 1. The van der Waals surface area contributed by atoms with Gasteiger partial charge < -0.3 is 9.92 Å². The lowest BCUT2D eigenvalue weighted by molar-refractivity contribution is 0.440. The van der Waals surface area contributed by atoms with Gasteiger partial charge in [-0.3, -0.25) is 4.57 Å². The number of hydrogen-bond acceptors (Lipinski definition) is 5. The summed E-state index contributed by atoms with van der Waals surface area (Å²) in [5.41, 5.74) is 8.49. The molecule has 0 amide bonds. The van der Waals surface area contributed by atoms with Crippen molar-refractivity contribution in [2.45, 2.75) is 13.8 Å². The minimum Gasteiger partial charge on any atom is -0.384 e. The van der Waals surface area contributed by atoms with Gasteiger partial charge in [0.1, 0.15) is 17.6 Å². The largest absolute Gasteiger partial charge is 0.488 e. The van der Waals surface area contributed by atoms with Crippen molar-refractivity contribution in [1.29, 1.82) is 5.26 Å². The monoisotopic (exact) mass is 309 g/mol. The molecule has 8 heteroatoms. The van der Waals surface area contributed by atoms with Gasteiger partial charge in [-0.2, -0.15) is 13.7 Å². The Morgan fingerprint density at radius 3 is 2.29 bits per heavy atom. The second-order valence-electron chi connectivity index (χ2n) is 4.39. The van der Waals surface area contributed by atoms with E-state index in [9.17, 15) is 12.3 Å². The Labute approximate surface area is 121 Å². The van der Waals surface area contributed by atoms with E-state index in [1.165, 1.54) is 24.3 Å². The fourth-order valence-corrected chi connectivity index (χ4v) is 2.41. The van der Waals surface area contributed by atoms with Gasteiger partial charge in [0.2, 0.25) is 0 Å². The predicted molar refractivity (Wildman–Crippen MR) is 75.0 cm³/mol. The molecular weight excluding hydrogens is 297 g/mol. The first-order valence-electron chi connectivity index (χ1n) is 5.86. The number of hydrogen-bond donors (Lipinski definition) is 1. The maximum Gasteiger partial charge on any atom is 0.488 e. The van der Waals surface area contributed by atoms with Crippen LogP contribution in [0.2, 0.25) is 0 Å². The van der Waals surface area contributed by atoms with Crippen LogP contribution in [0, 0.1) is 25.2 Å². The molecule has 1 heterocycles. The van der Waals surface area contributed by atoms with Crippen molar-refractivity contribution in [2.24, 2.45) is 0 Å². The predicted octanol–water partition coefficient (Wildman–Crippen LogP) is 2.14. The summed E-state index contributed by atoms with van der Waals surface area (Å²) in [6.07, 6.45) is 0. The molecule has 0 radical (unpaired) electrons. The molecule has 2 N–H and O–H groups in total. The Hall–Kier alpha value is -2.53. The summed E-state index contributed by atoms with van der Waals surface area (Å²) in [6, 6.07) is 7.67. The average molecular weight is 309 g/mol.